The van der Waals surface area contributed by atoms with E-state index >= 15 is 0 Å². The third-order valence-corrected chi connectivity index (χ3v) is 0.315. The molecule has 0 amide bonds. The van der Waals surface area contributed by atoms with Crippen LogP contribution in [0.3, 0.4) is 0 Å². The van der Waals surface area contributed by atoms with Gasteiger partial charge in [-0.2, -0.15) is 0 Å². The van der Waals surface area contributed by atoms with Gasteiger partial charge in [0.25, 0.3) is 0 Å². The summed E-state index contributed by atoms with van der Waals surface area (Å²) >= 11 is 4.71. The van der Waals surface area contributed by atoms with Crippen LogP contribution >= 0.6 is 11.6 Å². The maximum atomic E-state index is 9.56. The summed E-state index contributed by atoms with van der Waals surface area (Å²) in [6.45, 7) is 3.08. The molecular weight excluding hydrogens is 160 g/mol. The highest BCUT2D eigenvalue weighted by Gasteiger charge is 1.74. The van der Waals surface area contributed by atoms with Crippen LogP contribution in [0.4, 0.5) is 0 Å². The fourth-order valence-electron chi connectivity index (χ4n) is 0. The topological polar surface area (TPSA) is 34.1 Å². The summed E-state index contributed by atoms with van der Waals surface area (Å²) in [4.78, 5) is 9.46. The minimum atomic E-state index is -0.611. The highest BCUT2D eigenvalue weighted by molar-refractivity contribution is 7.83. The van der Waals surface area contributed by atoms with Gasteiger partial charge in [-0.05, 0) is 17.7 Å². The van der Waals surface area contributed by atoms with Gasteiger partial charge in [-0.15, -0.1) is 0 Å². The minimum absolute atomic E-state index is 0.509. The summed E-state index contributed by atoms with van der Waals surface area (Å²) in [5, 5.41) is -0.509. The van der Waals surface area contributed by atoms with Crippen LogP contribution in [0.5, 0.6) is 0 Å². The van der Waals surface area contributed by atoms with E-state index in [4.69, 9.17) is 11.6 Å². The van der Waals surface area contributed by atoms with Gasteiger partial charge >= 0.3 is 0 Å². The lowest BCUT2D eigenvalue weighted by Crippen LogP contribution is -1.70. The van der Waals surface area contributed by atoms with Crippen LogP contribution < -0.4 is 0 Å². The second-order valence-electron chi connectivity index (χ2n) is 1.25. The predicted octanol–water partition coefficient (Wildman–Crippen LogP) is 0.932. The Hall–Kier alpha value is -0.150. The average molecular weight is 169 g/mol. The van der Waals surface area contributed by atoms with Crippen molar-refractivity contribution in [2.75, 3.05) is 12.5 Å². The zero-order valence-electron chi connectivity index (χ0n) is 5.39. The number of carbonyl (C=O) groups excluding carboxylic acids is 1. The van der Waals surface area contributed by atoms with Crippen molar-refractivity contribution >= 4 is 27.6 Å². The molecule has 0 aromatic carbocycles. The van der Waals surface area contributed by atoms with E-state index in [1.54, 1.807) is 12.5 Å². The Bertz CT molecular complexity index is 118. The molecule has 2 nitrogen and oxygen atoms in total. The number of hydrogen-bond acceptors (Lipinski definition) is 2. The Balaban J connectivity index is 0. The molecule has 0 heterocycles. The Kier molecular flexibility index (Phi) is 10.1. The number of carbonyl (C=O) groups is 1. The number of hydrogen-bond donors (Lipinski definition) is 0. The lowest BCUT2D eigenvalue weighted by atomic mass is 10.7. The molecule has 0 unspecified atom stereocenters. The summed E-state index contributed by atoms with van der Waals surface area (Å²) in [5.74, 6) is 0. The Morgan fingerprint density at radius 2 is 1.78 bits per heavy atom. The van der Waals surface area contributed by atoms with Crippen LogP contribution in [0, 0.1) is 0 Å². The SMILES string of the molecule is C=CC(=O)Cl.CS(C)=O. The molecule has 4 heteroatoms. The first kappa shape index (κ1) is 11.6. The molecular formula is C5H9ClO2S. The van der Waals surface area contributed by atoms with Crippen LogP contribution in [-0.4, -0.2) is 22.0 Å². The van der Waals surface area contributed by atoms with Gasteiger partial charge in [0.05, 0.1) is 0 Å². The van der Waals surface area contributed by atoms with Gasteiger partial charge in [-0.1, -0.05) is 6.58 Å². The molecule has 0 aliphatic carbocycles. The monoisotopic (exact) mass is 168 g/mol. The van der Waals surface area contributed by atoms with Crippen molar-refractivity contribution in [1.29, 1.82) is 0 Å². The van der Waals surface area contributed by atoms with E-state index in [9.17, 15) is 9.00 Å². The molecule has 54 valence electrons. The van der Waals surface area contributed by atoms with Crippen LogP contribution in [-0.2, 0) is 15.6 Å². The molecule has 0 aromatic heterocycles. The molecule has 0 aliphatic heterocycles. The van der Waals surface area contributed by atoms with Crippen molar-refractivity contribution in [3.8, 4) is 0 Å². The minimum Gasteiger partial charge on any atom is -0.276 e. The summed E-state index contributed by atoms with van der Waals surface area (Å²) < 4.78 is 9.56. The summed E-state index contributed by atoms with van der Waals surface area (Å²) in [6.07, 6.45) is 4.32. The van der Waals surface area contributed by atoms with E-state index in [-0.39, 0.29) is 0 Å². The van der Waals surface area contributed by atoms with Gasteiger partial charge in [-0.25, -0.2) is 0 Å². The number of halogens is 1. The van der Waals surface area contributed by atoms with Crippen molar-refractivity contribution in [3.05, 3.63) is 12.7 Å². The summed E-state index contributed by atoms with van der Waals surface area (Å²) in [7, 11) is -0.611. The second-order valence-corrected chi connectivity index (χ2v) is 3.11. The second kappa shape index (κ2) is 7.85. The first-order valence-electron chi connectivity index (χ1n) is 2.07. The molecule has 0 atom stereocenters. The first-order valence-corrected chi connectivity index (χ1v) is 4.42. The van der Waals surface area contributed by atoms with Crippen molar-refractivity contribution < 1.29 is 9.00 Å². The third-order valence-electron chi connectivity index (χ3n) is 0.160. The van der Waals surface area contributed by atoms with E-state index in [1.807, 2.05) is 0 Å². The standard InChI is InChI=1S/C3H3ClO.C2H6OS/c1-2-3(4)5;1-4(2)3/h2H,1H2;1-2H3. The lowest BCUT2D eigenvalue weighted by Gasteiger charge is -1.60. The Morgan fingerprint density at radius 1 is 1.67 bits per heavy atom. The van der Waals surface area contributed by atoms with E-state index < -0.39 is 16.0 Å². The van der Waals surface area contributed by atoms with E-state index in [2.05, 4.69) is 6.58 Å². The summed E-state index contributed by atoms with van der Waals surface area (Å²) in [5.41, 5.74) is 0. The Morgan fingerprint density at radius 3 is 1.78 bits per heavy atom. The average Bonchev–Trinajstić information content (AvgIpc) is 1.65. The van der Waals surface area contributed by atoms with Crippen molar-refractivity contribution in [1.82, 2.24) is 0 Å². The molecule has 0 aromatic rings. The van der Waals surface area contributed by atoms with Crippen LogP contribution in [0.15, 0.2) is 12.7 Å². The van der Waals surface area contributed by atoms with E-state index in [0.29, 0.717) is 0 Å². The maximum Gasteiger partial charge on any atom is 0.244 e. The fraction of sp³-hybridized carbons (Fsp3) is 0.400. The van der Waals surface area contributed by atoms with Gasteiger partial charge in [0, 0.05) is 23.3 Å². The molecule has 0 rings (SSSR count). The van der Waals surface area contributed by atoms with E-state index in [0.717, 1.165) is 6.08 Å². The molecule has 0 radical (unpaired) electrons. The van der Waals surface area contributed by atoms with Gasteiger partial charge < -0.3 is 0 Å². The van der Waals surface area contributed by atoms with Crippen LogP contribution in [0.2, 0.25) is 0 Å². The van der Waals surface area contributed by atoms with Crippen LogP contribution in [0.25, 0.3) is 0 Å². The molecule has 0 bridgehead atoms. The molecule has 9 heavy (non-hydrogen) atoms. The van der Waals surface area contributed by atoms with E-state index in [1.165, 1.54) is 0 Å². The van der Waals surface area contributed by atoms with Gasteiger partial charge in [-0.3, -0.25) is 9.00 Å². The molecule has 0 saturated heterocycles. The quantitative estimate of drug-likeness (QED) is 0.431. The molecule has 0 fully saturated rings. The van der Waals surface area contributed by atoms with Gasteiger partial charge in [0.1, 0.15) is 0 Å². The van der Waals surface area contributed by atoms with Crippen LogP contribution in [0.1, 0.15) is 0 Å². The third kappa shape index (κ3) is 78.5. The molecule has 0 N–H and O–H groups in total. The normalized spacial score (nSPS) is 7.56. The number of allylic oxidation sites excluding steroid dienone is 1. The first-order chi connectivity index (χ1) is 4.00. The highest BCUT2D eigenvalue weighted by atomic mass is 35.5. The maximum absolute atomic E-state index is 9.56. The largest absolute Gasteiger partial charge is 0.276 e. The molecule has 0 saturated carbocycles. The molecule has 0 spiro atoms. The van der Waals surface area contributed by atoms with Gasteiger partial charge in [0.2, 0.25) is 5.24 Å². The lowest BCUT2D eigenvalue weighted by molar-refractivity contribution is -0.107. The predicted molar refractivity (Wildman–Crippen MR) is 41.0 cm³/mol. The fourth-order valence-corrected chi connectivity index (χ4v) is 0. The summed E-state index contributed by atoms with van der Waals surface area (Å²) in [6, 6.07) is 0. The van der Waals surface area contributed by atoms with Crippen molar-refractivity contribution in [3.63, 3.8) is 0 Å². The molecule has 0 aliphatic rings. The highest BCUT2D eigenvalue weighted by Crippen LogP contribution is 1.74. The number of rotatable bonds is 1. The Labute approximate surface area is 62.4 Å². The zero-order chi connectivity index (χ0) is 7.86. The van der Waals surface area contributed by atoms with Gasteiger partial charge in [0.15, 0.2) is 0 Å². The van der Waals surface area contributed by atoms with Crippen molar-refractivity contribution in [2.45, 2.75) is 0 Å². The zero-order valence-corrected chi connectivity index (χ0v) is 6.96. The smallest absolute Gasteiger partial charge is 0.244 e. The van der Waals surface area contributed by atoms with Crippen molar-refractivity contribution in [2.24, 2.45) is 0 Å².